The topological polar surface area (TPSA) is 50.4 Å². The van der Waals surface area contributed by atoms with Crippen molar-refractivity contribution in [1.29, 1.82) is 0 Å². The fraction of sp³-hybridized carbons (Fsp3) is 0.588. The largest absolute Gasteiger partial charge is 0.481 e. The minimum atomic E-state index is -0.486. The van der Waals surface area contributed by atoms with Gasteiger partial charge in [0.15, 0.2) is 6.10 Å². The molecule has 0 saturated carbocycles. The number of benzene rings is 1. The summed E-state index contributed by atoms with van der Waals surface area (Å²) < 4.78 is 5.67. The van der Waals surface area contributed by atoms with Crippen LogP contribution in [-0.2, 0) is 10.2 Å². The minimum Gasteiger partial charge on any atom is -0.481 e. The maximum atomic E-state index is 11.9. The summed E-state index contributed by atoms with van der Waals surface area (Å²) in [5.74, 6) is 0.645. The zero-order valence-electron chi connectivity index (χ0n) is 13.8. The van der Waals surface area contributed by atoms with Crippen molar-refractivity contribution in [2.24, 2.45) is 0 Å². The van der Waals surface area contributed by atoms with Crippen LogP contribution in [0.2, 0.25) is 0 Å². The Kier molecular flexibility index (Phi) is 6.69. The second-order valence-corrected chi connectivity index (χ2v) is 6.28. The highest BCUT2D eigenvalue weighted by atomic mass is 16.5. The number of hydrogen-bond acceptors (Lipinski definition) is 3. The highest BCUT2D eigenvalue weighted by Crippen LogP contribution is 2.24. The molecular weight excluding hydrogens is 264 g/mol. The molecule has 4 heteroatoms. The van der Waals surface area contributed by atoms with Gasteiger partial charge in [-0.3, -0.25) is 4.79 Å². The van der Waals surface area contributed by atoms with Crippen LogP contribution in [0.25, 0.3) is 0 Å². The van der Waals surface area contributed by atoms with Gasteiger partial charge >= 0.3 is 0 Å². The van der Waals surface area contributed by atoms with E-state index in [0.29, 0.717) is 6.54 Å². The number of carbonyl (C=O) groups is 1. The van der Waals surface area contributed by atoms with E-state index in [9.17, 15) is 4.79 Å². The first-order valence-corrected chi connectivity index (χ1v) is 7.54. The molecule has 0 aliphatic rings. The van der Waals surface area contributed by atoms with E-state index in [0.717, 1.165) is 18.7 Å². The zero-order chi connectivity index (χ0) is 15.9. The van der Waals surface area contributed by atoms with E-state index < -0.39 is 6.10 Å². The molecule has 0 spiro atoms. The van der Waals surface area contributed by atoms with E-state index in [-0.39, 0.29) is 11.3 Å². The normalized spacial score (nSPS) is 12.8. The molecule has 1 aromatic rings. The molecule has 1 amide bonds. The number of nitrogens with one attached hydrogen (secondary N) is 2. The molecule has 21 heavy (non-hydrogen) atoms. The molecule has 0 fully saturated rings. The Hall–Kier alpha value is -1.55. The fourth-order valence-corrected chi connectivity index (χ4v) is 1.91. The third kappa shape index (κ3) is 6.17. The summed E-state index contributed by atoms with van der Waals surface area (Å²) in [7, 11) is 1.90. The molecule has 1 unspecified atom stereocenters. The minimum absolute atomic E-state index is 0.0778. The highest BCUT2D eigenvalue weighted by molar-refractivity contribution is 5.80. The number of rotatable bonds is 7. The van der Waals surface area contributed by atoms with Gasteiger partial charge in [-0.2, -0.15) is 0 Å². The molecule has 0 aromatic heterocycles. The van der Waals surface area contributed by atoms with Crippen molar-refractivity contribution in [2.45, 2.75) is 45.6 Å². The third-order valence-electron chi connectivity index (χ3n) is 3.31. The van der Waals surface area contributed by atoms with Crippen molar-refractivity contribution in [3.8, 4) is 5.75 Å². The van der Waals surface area contributed by atoms with E-state index in [2.05, 4.69) is 31.4 Å². The average molecular weight is 292 g/mol. The van der Waals surface area contributed by atoms with Gasteiger partial charge in [-0.05, 0) is 50.0 Å². The van der Waals surface area contributed by atoms with Gasteiger partial charge in [-0.1, -0.05) is 32.9 Å². The molecule has 0 heterocycles. The summed E-state index contributed by atoms with van der Waals surface area (Å²) in [4.78, 5) is 11.9. The Labute approximate surface area is 128 Å². The van der Waals surface area contributed by atoms with Crippen LogP contribution in [0.3, 0.4) is 0 Å². The van der Waals surface area contributed by atoms with E-state index in [4.69, 9.17) is 4.74 Å². The average Bonchev–Trinajstić information content (AvgIpc) is 2.43. The molecule has 1 atom stereocenters. The van der Waals surface area contributed by atoms with Crippen LogP contribution in [0.15, 0.2) is 24.3 Å². The molecule has 1 rings (SSSR count). The predicted octanol–water partition coefficient (Wildman–Crippen LogP) is 2.48. The van der Waals surface area contributed by atoms with E-state index in [1.165, 1.54) is 5.56 Å². The van der Waals surface area contributed by atoms with Crippen LogP contribution in [0, 0.1) is 0 Å². The number of ether oxygens (including phenoxy) is 1. The van der Waals surface area contributed by atoms with Crippen molar-refractivity contribution in [3.63, 3.8) is 0 Å². The van der Waals surface area contributed by atoms with Gasteiger partial charge in [0.1, 0.15) is 5.75 Å². The molecule has 0 aliphatic carbocycles. The number of carbonyl (C=O) groups excluding carboxylic acids is 1. The standard InChI is InChI=1S/C17H28N2O2/c1-13(16(20)19-12-6-11-18-5)21-15-9-7-14(8-10-15)17(2,3)4/h7-10,13,18H,6,11-12H2,1-5H3,(H,19,20). The van der Waals surface area contributed by atoms with Crippen molar-refractivity contribution in [2.75, 3.05) is 20.1 Å². The summed E-state index contributed by atoms with van der Waals surface area (Å²) in [5, 5.41) is 5.91. The van der Waals surface area contributed by atoms with E-state index >= 15 is 0 Å². The molecule has 0 radical (unpaired) electrons. The molecule has 0 aliphatic heterocycles. The second kappa shape index (κ2) is 8.03. The maximum absolute atomic E-state index is 11.9. The first-order valence-electron chi connectivity index (χ1n) is 7.54. The van der Waals surface area contributed by atoms with Gasteiger partial charge in [-0.25, -0.2) is 0 Å². The first-order chi connectivity index (χ1) is 9.84. The van der Waals surface area contributed by atoms with Crippen molar-refractivity contribution >= 4 is 5.91 Å². The lowest BCUT2D eigenvalue weighted by Crippen LogP contribution is -2.37. The molecule has 2 N–H and O–H groups in total. The Morgan fingerprint density at radius 2 is 1.81 bits per heavy atom. The number of hydrogen-bond donors (Lipinski definition) is 2. The predicted molar refractivity (Wildman–Crippen MR) is 86.8 cm³/mol. The van der Waals surface area contributed by atoms with Gasteiger partial charge in [0, 0.05) is 6.54 Å². The Morgan fingerprint density at radius 3 is 2.33 bits per heavy atom. The molecule has 118 valence electrons. The summed E-state index contributed by atoms with van der Waals surface area (Å²) in [5.41, 5.74) is 1.37. The molecule has 0 saturated heterocycles. The smallest absolute Gasteiger partial charge is 0.260 e. The molecule has 1 aromatic carbocycles. The molecule has 4 nitrogen and oxygen atoms in total. The molecule has 0 bridgehead atoms. The van der Waals surface area contributed by atoms with E-state index in [1.807, 2.05) is 31.3 Å². The van der Waals surface area contributed by atoms with Gasteiger partial charge in [0.2, 0.25) is 0 Å². The van der Waals surface area contributed by atoms with Crippen LogP contribution in [-0.4, -0.2) is 32.1 Å². The van der Waals surface area contributed by atoms with Crippen molar-refractivity contribution in [1.82, 2.24) is 10.6 Å². The Morgan fingerprint density at radius 1 is 1.19 bits per heavy atom. The van der Waals surface area contributed by atoms with Gasteiger partial charge in [0.05, 0.1) is 0 Å². The zero-order valence-corrected chi connectivity index (χ0v) is 13.8. The summed E-state index contributed by atoms with van der Waals surface area (Å²) >= 11 is 0. The quantitative estimate of drug-likeness (QED) is 0.759. The third-order valence-corrected chi connectivity index (χ3v) is 3.31. The Balaban J connectivity index is 2.47. The van der Waals surface area contributed by atoms with Crippen LogP contribution < -0.4 is 15.4 Å². The SMILES string of the molecule is CNCCCNC(=O)C(C)Oc1ccc(C(C)(C)C)cc1. The summed E-state index contributed by atoms with van der Waals surface area (Å²) in [6, 6.07) is 7.94. The van der Waals surface area contributed by atoms with Crippen LogP contribution >= 0.6 is 0 Å². The second-order valence-electron chi connectivity index (χ2n) is 6.28. The maximum Gasteiger partial charge on any atom is 0.260 e. The highest BCUT2D eigenvalue weighted by Gasteiger charge is 2.16. The lowest BCUT2D eigenvalue weighted by atomic mass is 9.87. The van der Waals surface area contributed by atoms with Crippen LogP contribution in [0.5, 0.6) is 5.75 Å². The fourth-order valence-electron chi connectivity index (χ4n) is 1.91. The lowest BCUT2D eigenvalue weighted by molar-refractivity contribution is -0.127. The van der Waals surface area contributed by atoms with Gasteiger partial charge in [0.25, 0.3) is 5.91 Å². The molecular formula is C17H28N2O2. The number of amides is 1. The van der Waals surface area contributed by atoms with Gasteiger partial charge in [-0.15, -0.1) is 0 Å². The lowest BCUT2D eigenvalue weighted by Gasteiger charge is -2.20. The van der Waals surface area contributed by atoms with Gasteiger partial charge < -0.3 is 15.4 Å². The van der Waals surface area contributed by atoms with Crippen molar-refractivity contribution < 1.29 is 9.53 Å². The summed E-state index contributed by atoms with van der Waals surface area (Å²) in [6.07, 6.45) is 0.426. The van der Waals surface area contributed by atoms with E-state index in [1.54, 1.807) is 6.92 Å². The first kappa shape index (κ1) is 17.5. The van der Waals surface area contributed by atoms with Crippen molar-refractivity contribution in [3.05, 3.63) is 29.8 Å². The van der Waals surface area contributed by atoms with Crippen LogP contribution in [0.4, 0.5) is 0 Å². The summed E-state index contributed by atoms with van der Waals surface area (Å²) in [6.45, 7) is 9.84. The van der Waals surface area contributed by atoms with Crippen LogP contribution in [0.1, 0.15) is 39.7 Å². The Bertz CT molecular complexity index is 435. The monoisotopic (exact) mass is 292 g/mol.